The molecule has 9 nitrogen and oxygen atoms in total. The van der Waals surface area contributed by atoms with Crippen molar-refractivity contribution in [3.05, 3.63) is 68.8 Å². The molecule has 0 saturated heterocycles. The molecule has 0 aliphatic rings. The molecule has 0 aliphatic heterocycles. The van der Waals surface area contributed by atoms with Gasteiger partial charge in [0.25, 0.3) is 5.69 Å². The van der Waals surface area contributed by atoms with E-state index >= 15 is 0 Å². The Morgan fingerprint density at radius 1 is 0.909 bits per heavy atom. The van der Waals surface area contributed by atoms with E-state index in [0.717, 1.165) is 12.1 Å². The molecule has 0 N–H and O–H groups in total. The number of rotatable bonds is 4. The molecule has 0 aliphatic carbocycles. The average molecular weight is 304 g/mol. The molecule has 0 bridgehead atoms. The largest absolute Gasteiger partial charge is 0.519 e. The van der Waals surface area contributed by atoms with Crippen LogP contribution < -0.4 is 9.47 Å². The van der Waals surface area contributed by atoms with Crippen LogP contribution in [0.2, 0.25) is 0 Å². The van der Waals surface area contributed by atoms with Gasteiger partial charge in [-0.15, -0.1) is 0 Å². The standard InChI is InChI=1S/C13H8N2O7/c16-13(21-10-4-2-1-3-5-10)22-12-7-6-9(14(17)18)8-11(12)15(19)20/h1-8H. The van der Waals surface area contributed by atoms with Crippen LogP contribution in [-0.4, -0.2) is 16.0 Å². The molecule has 9 heteroatoms. The minimum atomic E-state index is -1.19. The van der Waals surface area contributed by atoms with Crippen LogP contribution in [0.3, 0.4) is 0 Å². The van der Waals surface area contributed by atoms with E-state index in [1.54, 1.807) is 18.2 Å². The van der Waals surface area contributed by atoms with Crippen molar-refractivity contribution in [2.45, 2.75) is 0 Å². The van der Waals surface area contributed by atoms with E-state index in [0.29, 0.717) is 6.07 Å². The van der Waals surface area contributed by atoms with Crippen LogP contribution in [0.4, 0.5) is 16.2 Å². The quantitative estimate of drug-likeness (QED) is 0.368. The summed E-state index contributed by atoms with van der Waals surface area (Å²) < 4.78 is 9.53. The van der Waals surface area contributed by atoms with E-state index in [2.05, 4.69) is 0 Å². The topological polar surface area (TPSA) is 122 Å². The number of carbonyl (C=O) groups excluding carboxylic acids is 1. The van der Waals surface area contributed by atoms with Crippen LogP contribution >= 0.6 is 0 Å². The first-order chi connectivity index (χ1) is 10.5. The number of carbonyl (C=O) groups is 1. The zero-order valence-electron chi connectivity index (χ0n) is 10.9. The van der Waals surface area contributed by atoms with Crippen molar-refractivity contribution >= 4 is 17.5 Å². The third-order valence-corrected chi connectivity index (χ3v) is 2.49. The second-order valence-corrected chi connectivity index (χ2v) is 3.93. The van der Waals surface area contributed by atoms with Gasteiger partial charge in [0.15, 0.2) is 0 Å². The lowest BCUT2D eigenvalue weighted by Gasteiger charge is -2.05. The van der Waals surface area contributed by atoms with Crippen molar-refractivity contribution in [1.29, 1.82) is 0 Å². The predicted molar refractivity (Wildman–Crippen MR) is 72.8 cm³/mol. The molecule has 0 radical (unpaired) electrons. The normalized spacial score (nSPS) is 9.82. The Hall–Kier alpha value is -3.49. The number of nitrogens with zero attached hydrogens (tertiary/aromatic N) is 2. The van der Waals surface area contributed by atoms with E-state index in [1.807, 2.05) is 0 Å². The monoisotopic (exact) mass is 304 g/mol. The molecule has 112 valence electrons. The lowest BCUT2D eigenvalue weighted by atomic mass is 10.2. The van der Waals surface area contributed by atoms with Gasteiger partial charge in [0.2, 0.25) is 5.75 Å². The number of hydrogen-bond donors (Lipinski definition) is 0. The third-order valence-electron chi connectivity index (χ3n) is 2.49. The van der Waals surface area contributed by atoms with E-state index in [1.165, 1.54) is 12.1 Å². The van der Waals surface area contributed by atoms with Crippen LogP contribution in [-0.2, 0) is 0 Å². The average Bonchev–Trinajstić information content (AvgIpc) is 2.48. The Labute approximate surface area is 123 Å². The summed E-state index contributed by atoms with van der Waals surface area (Å²) >= 11 is 0. The Bertz CT molecular complexity index is 730. The molecular weight excluding hydrogens is 296 g/mol. The molecule has 0 unspecified atom stereocenters. The van der Waals surface area contributed by atoms with Crippen LogP contribution in [0.1, 0.15) is 0 Å². The molecule has 0 fully saturated rings. The van der Waals surface area contributed by atoms with Gasteiger partial charge in [0, 0.05) is 6.07 Å². The summed E-state index contributed by atoms with van der Waals surface area (Å²) in [4.78, 5) is 31.4. The lowest BCUT2D eigenvalue weighted by Crippen LogP contribution is -2.14. The van der Waals surface area contributed by atoms with Gasteiger partial charge in [0.1, 0.15) is 5.75 Å². The first kappa shape index (κ1) is 14.9. The number of nitro benzene ring substituents is 2. The fraction of sp³-hybridized carbons (Fsp3) is 0. The Balaban J connectivity index is 2.20. The second kappa shape index (κ2) is 6.31. The predicted octanol–water partition coefficient (Wildman–Crippen LogP) is 3.08. The SMILES string of the molecule is O=C(Oc1ccccc1)Oc1ccc([N+](=O)[O-])cc1[N+](=O)[O-]. The van der Waals surface area contributed by atoms with E-state index < -0.39 is 33.1 Å². The highest BCUT2D eigenvalue weighted by Gasteiger charge is 2.23. The van der Waals surface area contributed by atoms with Crippen LogP contribution in [0.15, 0.2) is 48.5 Å². The second-order valence-electron chi connectivity index (χ2n) is 3.93. The molecule has 2 aromatic carbocycles. The van der Waals surface area contributed by atoms with E-state index in [-0.39, 0.29) is 5.75 Å². The van der Waals surface area contributed by atoms with Crippen molar-refractivity contribution in [2.24, 2.45) is 0 Å². The summed E-state index contributed by atoms with van der Waals surface area (Å²) in [5, 5.41) is 21.5. The van der Waals surface area contributed by atoms with Gasteiger partial charge in [-0.2, -0.15) is 0 Å². The van der Waals surface area contributed by atoms with Crippen LogP contribution in [0, 0.1) is 20.2 Å². The van der Waals surface area contributed by atoms with E-state index in [9.17, 15) is 25.0 Å². The smallest absolute Gasteiger partial charge is 0.395 e. The highest BCUT2D eigenvalue weighted by molar-refractivity contribution is 5.69. The fourth-order valence-electron chi connectivity index (χ4n) is 1.54. The zero-order valence-corrected chi connectivity index (χ0v) is 10.9. The summed E-state index contributed by atoms with van der Waals surface area (Å²) in [5.41, 5.74) is -1.20. The zero-order chi connectivity index (χ0) is 16.1. The van der Waals surface area contributed by atoms with Crippen molar-refractivity contribution in [2.75, 3.05) is 0 Å². The van der Waals surface area contributed by atoms with Crippen molar-refractivity contribution in [1.82, 2.24) is 0 Å². The van der Waals surface area contributed by atoms with E-state index in [4.69, 9.17) is 9.47 Å². The van der Waals surface area contributed by atoms with Crippen molar-refractivity contribution in [3.8, 4) is 11.5 Å². The summed E-state index contributed by atoms with van der Waals surface area (Å²) in [6.45, 7) is 0. The maximum Gasteiger partial charge on any atom is 0.519 e. The molecule has 0 spiro atoms. The summed E-state index contributed by atoms with van der Waals surface area (Å²) in [7, 11) is 0. The summed E-state index contributed by atoms with van der Waals surface area (Å²) in [6.07, 6.45) is -1.19. The van der Waals surface area contributed by atoms with Gasteiger partial charge in [-0.1, -0.05) is 18.2 Å². The fourth-order valence-corrected chi connectivity index (χ4v) is 1.54. The third kappa shape index (κ3) is 3.54. The number of para-hydroxylation sites is 1. The molecule has 0 atom stereocenters. The number of ether oxygens (including phenoxy) is 2. The van der Waals surface area contributed by atoms with Gasteiger partial charge < -0.3 is 9.47 Å². The number of nitro groups is 2. The maximum absolute atomic E-state index is 11.6. The van der Waals surface area contributed by atoms with Crippen molar-refractivity contribution < 1.29 is 24.1 Å². The van der Waals surface area contributed by atoms with Crippen LogP contribution in [0.5, 0.6) is 11.5 Å². The van der Waals surface area contributed by atoms with Gasteiger partial charge in [0.05, 0.1) is 15.9 Å². The Morgan fingerprint density at radius 3 is 2.18 bits per heavy atom. The molecule has 0 saturated carbocycles. The molecule has 2 aromatic rings. The Kier molecular flexibility index (Phi) is 4.27. The molecule has 0 amide bonds. The molecule has 2 rings (SSSR count). The molecular formula is C13H8N2O7. The molecule has 22 heavy (non-hydrogen) atoms. The minimum absolute atomic E-state index is 0.192. The lowest BCUT2D eigenvalue weighted by molar-refractivity contribution is -0.394. The van der Waals surface area contributed by atoms with Gasteiger partial charge in [-0.05, 0) is 18.2 Å². The minimum Gasteiger partial charge on any atom is -0.395 e. The molecule has 0 heterocycles. The Morgan fingerprint density at radius 2 is 1.59 bits per heavy atom. The summed E-state index contributed by atoms with van der Waals surface area (Å²) in [6, 6.07) is 10.6. The number of benzene rings is 2. The van der Waals surface area contributed by atoms with Gasteiger partial charge >= 0.3 is 11.8 Å². The highest BCUT2D eigenvalue weighted by Crippen LogP contribution is 2.31. The number of non-ortho nitro benzene ring substituents is 1. The molecule has 0 aromatic heterocycles. The van der Waals surface area contributed by atoms with Gasteiger partial charge in [-0.3, -0.25) is 20.2 Å². The first-order valence-electron chi connectivity index (χ1n) is 5.85. The van der Waals surface area contributed by atoms with Gasteiger partial charge in [-0.25, -0.2) is 4.79 Å². The highest BCUT2D eigenvalue weighted by atomic mass is 16.7. The number of hydrogen-bond acceptors (Lipinski definition) is 7. The van der Waals surface area contributed by atoms with Crippen molar-refractivity contribution in [3.63, 3.8) is 0 Å². The summed E-state index contributed by atoms with van der Waals surface area (Å²) in [5.74, 6) is -0.256. The maximum atomic E-state index is 11.6. The first-order valence-corrected chi connectivity index (χ1v) is 5.85. The van der Waals surface area contributed by atoms with Crippen LogP contribution in [0.25, 0.3) is 0 Å².